The van der Waals surface area contributed by atoms with Crippen molar-refractivity contribution in [2.75, 3.05) is 96.2 Å². The Morgan fingerprint density at radius 3 is 1.49 bits per heavy atom. The summed E-state index contributed by atoms with van der Waals surface area (Å²) in [5.41, 5.74) is 25.6. The molecule has 23 nitrogen and oxygen atoms in total. The van der Waals surface area contributed by atoms with Crippen molar-refractivity contribution in [3.63, 3.8) is 0 Å². The second kappa shape index (κ2) is 30.0. The number of hydrogen-bond acceptors (Lipinski definition) is 22. The lowest BCUT2D eigenvalue weighted by molar-refractivity contribution is 0.0980. The number of nitrogen functional groups attached to an aromatic ring is 3. The van der Waals surface area contributed by atoms with E-state index in [4.69, 9.17) is 70.0 Å². The van der Waals surface area contributed by atoms with Gasteiger partial charge in [-0.15, -0.1) is 0 Å². The summed E-state index contributed by atoms with van der Waals surface area (Å²) < 4.78 is 22.5. The highest BCUT2D eigenvalue weighted by atomic mass is 35.5. The molecule has 6 aromatic heterocycles. The molecular weight excluding hydrogens is 1190 g/mol. The molecule has 8 N–H and O–H groups in total. The van der Waals surface area contributed by atoms with Crippen LogP contribution in [0.2, 0.25) is 15.1 Å². The number of nitrogens with one attached hydrogen (secondary N) is 2. The highest BCUT2D eigenvalue weighted by Gasteiger charge is 2.21. The number of benzene rings is 3. The smallest absolute Gasteiger partial charge is 0.316 e. The van der Waals surface area contributed by atoms with Crippen molar-refractivity contribution in [1.29, 1.82) is 0 Å². The SMILES string of the molecule is CN1CCN(Cc2ccc(-c3ccc(Cl)c(CC(=O)c4coc(N)n4)c3)cn2)CC1.Nc1nc(C(=O)Cc2cc(-c3cnc(OC4CCNCC4)nc3)ccc2Cl)co1.Nc1nc(C(=O)Cc2cc(-c3cnn(CCN4CCNCC4)c3)ccc2Cl)co1. The third-order valence-electron chi connectivity index (χ3n) is 15.1. The number of rotatable bonds is 19. The average molecular weight is 1250 g/mol. The van der Waals surface area contributed by atoms with Crippen LogP contribution in [0.25, 0.3) is 33.4 Å². The first kappa shape index (κ1) is 62.7. The van der Waals surface area contributed by atoms with Gasteiger partial charge in [-0.1, -0.05) is 59.1 Å². The molecular formula is C62H67Cl3N16O7. The molecule has 458 valence electrons. The lowest BCUT2D eigenvalue weighted by atomic mass is 10.0. The van der Waals surface area contributed by atoms with E-state index in [2.05, 4.69) is 79.5 Å². The highest BCUT2D eigenvalue weighted by molar-refractivity contribution is 6.32. The molecule has 88 heavy (non-hydrogen) atoms. The van der Waals surface area contributed by atoms with E-state index in [1.165, 1.54) is 18.8 Å². The van der Waals surface area contributed by atoms with Crippen LogP contribution >= 0.6 is 34.8 Å². The van der Waals surface area contributed by atoms with Crippen molar-refractivity contribution in [2.24, 2.45) is 0 Å². The third kappa shape index (κ3) is 17.4. The van der Waals surface area contributed by atoms with Crippen LogP contribution < -0.4 is 32.6 Å². The Labute approximate surface area is 522 Å². The van der Waals surface area contributed by atoms with Gasteiger partial charge in [-0.2, -0.15) is 20.1 Å². The summed E-state index contributed by atoms with van der Waals surface area (Å²) in [4.78, 5) is 69.3. The number of likely N-dealkylation sites (N-methyl/N-ethyl adjacent to an activating group) is 1. The van der Waals surface area contributed by atoms with E-state index in [1.807, 2.05) is 59.7 Å². The number of nitrogens with zero attached hydrogens (tertiary/aromatic N) is 11. The fourth-order valence-corrected chi connectivity index (χ4v) is 10.6. The minimum Gasteiger partial charge on any atom is -0.460 e. The van der Waals surface area contributed by atoms with E-state index in [-0.39, 0.29) is 77.8 Å². The van der Waals surface area contributed by atoms with Crippen molar-refractivity contribution in [1.82, 2.24) is 65.0 Å². The number of carbonyl (C=O) groups is 3. The number of aromatic nitrogens is 8. The van der Waals surface area contributed by atoms with Crippen molar-refractivity contribution < 1.29 is 32.4 Å². The zero-order valence-electron chi connectivity index (χ0n) is 48.4. The average Bonchev–Trinajstić information content (AvgIpc) is 3.95. The number of anilines is 3. The van der Waals surface area contributed by atoms with E-state index >= 15 is 0 Å². The van der Waals surface area contributed by atoms with Crippen LogP contribution in [0.4, 0.5) is 18.0 Å². The quantitative estimate of drug-likeness (QED) is 0.0477. The summed E-state index contributed by atoms with van der Waals surface area (Å²) in [5, 5.41) is 12.7. The van der Waals surface area contributed by atoms with Crippen LogP contribution in [0.5, 0.6) is 6.01 Å². The number of piperazine rings is 2. The molecule has 0 bridgehead atoms. The Balaban J connectivity index is 0.000000146. The first-order valence-corrected chi connectivity index (χ1v) is 29.9. The molecule has 0 aliphatic carbocycles. The first-order chi connectivity index (χ1) is 42.6. The van der Waals surface area contributed by atoms with Crippen molar-refractivity contribution in [3.05, 3.63) is 171 Å². The van der Waals surface area contributed by atoms with Crippen LogP contribution in [0.1, 0.15) is 66.7 Å². The summed E-state index contributed by atoms with van der Waals surface area (Å²) >= 11 is 18.9. The zero-order valence-corrected chi connectivity index (χ0v) is 50.7. The van der Waals surface area contributed by atoms with E-state index in [9.17, 15) is 14.4 Å². The maximum absolute atomic E-state index is 12.4. The van der Waals surface area contributed by atoms with Gasteiger partial charge < -0.3 is 50.7 Å². The normalized spacial score (nSPS) is 15.0. The Morgan fingerprint density at radius 1 is 0.545 bits per heavy atom. The Kier molecular flexibility index (Phi) is 21.4. The van der Waals surface area contributed by atoms with Crippen LogP contribution in [0.15, 0.2) is 130 Å². The minimum atomic E-state index is -0.230. The minimum absolute atomic E-state index is 0.0265. The van der Waals surface area contributed by atoms with Crippen molar-refractivity contribution in [2.45, 2.75) is 51.3 Å². The molecule has 0 amide bonds. The van der Waals surface area contributed by atoms with Gasteiger partial charge in [0.1, 0.15) is 42.0 Å². The Hall–Kier alpha value is -8.39. The first-order valence-electron chi connectivity index (χ1n) is 28.7. The second-order valence-corrected chi connectivity index (χ2v) is 22.7. The largest absolute Gasteiger partial charge is 0.460 e. The second-order valence-electron chi connectivity index (χ2n) is 21.5. The molecule has 3 aliphatic heterocycles. The molecule has 9 heterocycles. The van der Waals surface area contributed by atoms with E-state index in [0.717, 1.165) is 148 Å². The van der Waals surface area contributed by atoms with Gasteiger partial charge in [-0.25, -0.2) is 9.97 Å². The maximum atomic E-state index is 12.4. The van der Waals surface area contributed by atoms with E-state index in [1.54, 1.807) is 30.6 Å². The number of oxazole rings is 3. The predicted molar refractivity (Wildman–Crippen MR) is 335 cm³/mol. The number of carbonyl (C=O) groups excluding carboxylic acids is 3. The molecule has 0 unspecified atom stereocenters. The fourth-order valence-electron chi connectivity index (χ4n) is 10.0. The highest BCUT2D eigenvalue weighted by Crippen LogP contribution is 2.30. The summed E-state index contributed by atoms with van der Waals surface area (Å²) in [6, 6.07) is 21.1. The fraction of sp³-hybridized carbons (Fsp3) is 0.323. The van der Waals surface area contributed by atoms with Crippen LogP contribution in [-0.4, -0.2) is 157 Å². The molecule has 9 aromatic rings. The van der Waals surface area contributed by atoms with Gasteiger partial charge in [-0.05, 0) is 109 Å². The number of piperidine rings is 1. The number of pyridine rings is 1. The number of nitrogens with two attached hydrogens (primary N) is 3. The Morgan fingerprint density at radius 2 is 1.01 bits per heavy atom. The third-order valence-corrected chi connectivity index (χ3v) is 16.2. The van der Waals surface area contributed by atoms with Crippen LogP contribution in [0, 0.1) is 0 Å². The standard InChI is InChI=1S/C22H24ClN5O2.C20H23ClN6O2.C20H20ClN5O3/c1-27-6-8-28(9-7-27)13-18-4-2-16(12-25-18)15-3-5-19(23)17(10-15)11-21(29)20-14-30-22(24)26-20;21-17-2-1-14(9-15(17)10-19(28)18-13-29-20(22)25-18)16-11-24-27(12-16)8-7-26-5-3-23-4-6-26;21-16-2-1-12(7-13(16)8-18(27)17-11-28-19(22)26-17)14-9-24-20(25-10-14)29-15-3-5-23-6-4-15/h2-5,10,12,14H,6-9,11,13H2,1H3,(H2,24,26);1-2,9,11-13,23H,3-8,10H2,(H2,22,25);1-2,7,9-11,15,23H,3-6,8H2,(H2,22,26). The number of ether oxygens (including phenoxy) is 1. The monoisotopic (exact) mass is 1250 g/mol. The van der Waals surface area contributed by atoms with E-state index in [0.29, 0.717) is 26.6 Å². The van der Waals surface area contributed by atoms with Gasteiger partial charge in [0.15, 0.2) is 17.3 Å². The predicted octanol–water partition coefficient (Wildman–Crippen LogP) is 8.17. The van der Waals surface area contributed by atoms with Crippen LogP contribution in [0.3, 0.4) is 0 Å². The molecule has 0 atom stereocenters. The molecule has 3 aliphatic rings. The Bertz CT molecular complexity index is 3800. The van der Waals surface area contributed by atoms with Crippen LogP contribution in [-0.2, 0) is 32.4 Å². The number of hydrogen-bond donors (Lipinski definition) is 5. The topological polar surface area (TPSA) is 307 Å². The van der Waals surface area contributed by atoms with Crippen molar-refractivity contribution >= 4 is 70.2 Å². The van der Waals surface area contributed by atoms with Gasteiger partial charge in [0.2, 0.25) is 0 Å². The molecule has 0 saturated carbocycles. The van der Waals surface area contributed by atoms with Gasteiger partial charge in [0, 0.05) is 141 Å². The zero-order chi connectivity index (χ0) is 61.5. The molecule has 12 rings (SSSR count). The molecule has 3 fully saturated rings. The summed E-state index contributed by atoms with van der Waals surface area (Å²) in [7, 11) is 2.15. The van der Waals surface area contributed by atoms with Gasteiger partial charge in [0.05, 0.1) is 18.4 Å². The van der Waals surface area contributed by atoms with Gasteiger partial charge in [-0.3, -0.25) is 33.8 Å². The van der Waals surface area contributed by atoms with Crippen molar-refractivity contribution in [3.8, 4) is 39.4 Å². The molecule has 3 aromatic carbocycles. The van der Waals surface area contributed by atoms with E-state index < -0.39 is 0 Å². The molecule has 0 radical (unpaired) electrons. The summed E-state index contributed by atoms with van der Waals surface area (Å²) in [6.45, 7) is 13.1. The lowest BCUT2D eigenvalue weighted by Gasteiger charge is -2.32. The molecule has 0 spiro atoms. The maximum Gasteiger partial charge on any atom is 0.316 e. The molecule has 3 saturated heterocycles. The number of ketones is 3. The number of halogens is 3. The summed E-state index contributed by atoms with van der Waals surface area (Å²) in [5.74, 6) is -0.627. The summed E-state index contributed by atoms with van der Waals surface area (Å²) in [6.07, 6.45) is 15.3. The number of Topliss-reactive ketones (excluding diaryl/α,β-unsaturated/α-hetero) is 3. The molecule has 26 heteroatoms. The van der Waals surface area contributed by atoms with Gasteiger partial charge >= 0.3 is 6.01 Å². The lowest BCUT2D eigenvalue weighted by Crippen LogP contribution is -2.44. The van der Waals surface area contributed by atoms with Gasteiger partial charge in [0.25, 0.3) is 18.0 Å².